The molecule has 0 radical (unpaired) electrons. The van der Waals surface area contributed by atoms with E-state index >= 15 is 0 Å². The fraction of sp³-hybridized carbons (Fsp3) is 0.286. The van der Waals surface area contributed by atoms with Crippen molar-refractivity contribution in [3.63, 3.8) is 0 Å². The van der Waals surface area contributed by atoms with E-state index in [1.165, 1.54) is 29.1 Å². The lowest BCUT2D eigenvalue weighted by atomic mass is 10.0. The Labute approximate surface area is 269 Å². The maximum absolute atomic E-state index is 15.0. The van der Waals surface area contributed by atoms with Crippen molar-refractivity contribution in [1.29, 1.82) is 0 Å². The Morgan fingerprint density at radius 1 is 0.935 bits per heavy atom. The number of rotatable bonds is 13. The molecule has 0 aliphatic rings. The summed E-state index contributed by atoms with van der Waals surface area (Å²) in [5, 5.41) is 0.279. The molecule has 0 unspecified atom stereocenters. The van der Waals surface area contributed by atoms with Crippen molar-refractivity contribution in [3.05, 3.63) is 116 Å². The summed E-state index contributed by atoms with van der Waals surface area (Å²) in [7, 11) is 5.02. The van der Waals surface area contributed by atoms with Crippen LogP contribution in [0.3, 0.4) is 0 Å². The number of aromatic nitrogens is 2. The third-order valence-corrected chi connectivity index (χ3v) is 9.20. The van der Waals surface area contributed by atoms with E-state index in [0.29, 0.717) is 48.7 Å². The summed E-state index contributed by atoms with van der Waals surface area (Å²) in [4.78, 5) is 43.7. The predicted molar refractivity (Wildman–Crippen MR) is 176 cm³/mol. The molecule has 0 spiro atoms. The molecule has 2 heterocycles. The van der Waals surface area contributed by atoms with E-state index in [4.69, 9.17) is 9.47 Å². The Morgan fingerprint density at radius 3 is 2.22 bits per heavy atom. The first-order valence-electron chi connectivity index (χ1n) is 14.8. The number of ketones is 1. The lowest BCUT2D eigenvalue weighted by Crippen LogP contribution is -2.39. The highest BCUT2D eigenvalue weighted by molar-refractivity contribution is 7.22. The van der Waals surface area contributed by atoms with Gasteiger partial charge < -0.3 is 9.47 Å². The molecule has 5 rings (SSSR count). The largest absolute Gasteiger partial charge is 0.497 e. The number of Topliss-reactive ketones (excluding diaryl/α,β-unsaturated/α-hetero) is 1. The van der Waals surface area contributed by atoms with Crippen LogP contribution in [0.1, 0.15) is 30.0 Å². The normalized spacial score (nSPS) is 11.5. The molecule has 0 saturated heterocycles. The number of hydrogen-bond acceptors (Lipinski definition) is 7. The third kappa shape index (κ3) is 6.72. The van der Waals surface area contributed by atoms with Crippen molar-refractivity contribution in [3.8, 4) is 21.9 Å². The van der Waals surface area contributed by atoms with Crippen molar-refractivity contribution in [2.75, 3.05) is 34.4 Å². The smallest absolute Gasteiger partial charge is 0.337 e. The van der Waals surface area contributed by atoms with Gasteiger partial charge in [-0.1, -0.05) is 37.3 Å². The molecule has 0 fully saturated rings. The van der Waals surface area contributed by atoms with Crippen LogP contribution in [0.2, 0.25) is 0 Å². The second-order valence-electron chi connectivity index (χ2n) is 11.0. The highest BCUT2D eigenvalue weighted by atomic mass is 32.1. The number of carbonyl (C=O) groups is 1. The highest BCUT2D eigenvalue weighted by Crippen LogP contribution is 2.38. The monoisotopic (exact) mass is 647 g/mol. The number of nitrogens with zero attached hydrogens (tertiary/aromatic N) is 3. The number of ether oxygens (including phenoxy) is 2. The number of methoxy groups -OCH3 is 2. The van der Waals surface area contributed by atoms with Crippen molar-refractivity contribution in [2.45, 2.75) is 32.9 Å². The number of halogens is 2. The van der Waals surface area contributed by atoms with Crippen molar-refractivity contribution in [2.24, 2.45) is 0 Å². The molecule has 2 aromatic heterocycles. The average Bonchev–Trinajstić information content (AvgIpc) is 3.42. The van der Waals surface area contributed by atoms with Gasteiger partial charge in [0.15, 0.2) is 0 Å². The van der Waals surface area contributed by atoms with E-state index in [1.807, 2.05) is 43.1 Å². The number of hydrogen-bond donors (Lipinski definition) is 0. The van der Waals surface area contributed by atoms with E-state index in [1.54, 1.807) is 31.4 Å². The van der Waals surface area contributed by atoms with Gasteiger partial charge in [-0.05, 0) is 60.1 Å². The van der Waals surface area contributed by atoms with Gasteiger partial charge in [0.1, 0.15) is 28.0 Å². The van der Waals surface area contributed by atoms with Crippen LogP contribution in [0.4, 0.5) is 8.78 Å². The predicted octanol–water partition coefficient (Wildman–Crippen LogP) is 5.82. The van der Waals surface area contributed by atoms with Gasteiger partial charge in [-0.2, -0.15) is 0 Å². The van der Waals surface area contributed by atoms with E-state index < -0.39 is 29.4 Å². The number of likely N-dealkylation sites (N-methyl/N-ethyl adjacent to an activating group) is 1. The van der Waals surface area contributed by atoms with Gasteiger partial charge in [0.25, 0.3) is 5.56 Å². The number of carbonyl (C=O) groups excluding carboxylic acids is 1. The Bertz CT molecular complexity index is 1960. The summed E-state index contributed by atoms with van der Waals surface area (Å²) in [5.41, 5.74) is 1.05. The van der Waals surface area contributed by atoms with E-state index in [9.17, 15) is 23.2 Å². The molecule has 0 aliphatic carbocycles. The first-order chi connectivity index (χ1) is 22.2. The van der Waals surface area contributed by atoms with Crippen LogP contribution in [0.25, 0.3) is 26.3 Å². The number of thiophene rings is 1. The van der Waals surface area contributed by atoms with Gasteiger partial charge in [0.2, 0.25) is 0 Å². The molecule has 0 atom stereocenters. The summed E-state index contributed by atoms with van der Waals surface area (Å²) in [6.45, 7) is 2.76. The second kappa shape index (κ2) is 14.3. The van der Waals surface area contributed by atoms with Gasteiger partial charge in [-0.3, -0.25) is 19.1 Å². The lowest BCUT2D eigenvalue weighted by Gasteiger charge is -2.18. The Morgan fingerprint density at radius 2 is 1.61 bits per heavy atom. The molecule has 5 aromatic rings. The van der Waals surface area contributed by atoms with Gasteiger partial charge >= 0.3 is 5.69 Å². The maximum Gasteiger partial charge on any atom is 0.337 e. The van der Waals surface area contributed by atoms with Crippen molar-refractivity contribution >= 4 is 27.3 Å². The van der Waals surface area contributed by atoms with Crippen LogP contribution in [0.15, 0.2) is 76.3 Å². The molecule has 0 N–H and O–H groups in total. The topological polar surface area (TPSA) is 82.8 Å². The highest BCUT2D eigenvalue weighted by Gasteiger charge is 2.25. The van der Waals surface area contributed by atoms with Crippen molar-refractivity contribution in [1.82, 2.24) is 14.0 Å². The molecule has 11 heteroatoms. The SMILES string of the molecule is CCC(=O)Cc1ccc(-c2sc3c(c2CN(C)CCOC)c(=O)n(-c2ccc(OC)cc2)c(=O)n3Cc2c(F)cccc2F)cc1. The van der Waals surface area contributed by atoms with Gasteiger partial charge in [-0.25, -0.2) is 18.1 Å². The summed E-state index contributed by atoms with van der Waals surface area (Å²) >= 11 is 1.22. The fourth-order valence-electron chi connectivity index (χ4n) is 5.32. The quantitative estimate of drug-likeness (QED) is 0.160. The molecule has 0 amide bonds. The van der Waals surface area contributed by atoms with E-state index in [0.717, 1.165) is 32.7 Å². The zero-order valence-corrected chi connectivity index (χ0v) is 27.0. The maximum atomic E-state index is 15.0. The Hall–Kier alpha value is -4.45. The second-order valence-corrected chi connectivity index (χ2v) is 12.0. The van der Waals surface area contributed by atoms with Gasteiger partial charge in [-0.15, -0.1) is 11.3 Å². The van der Waals surface area contributed by atoms with Crippen LogP contribution >= 0.6 is 11.3 Å². The van der Waals surface area contributed by atoms with Crippen LogP contribution in [0.5, 0.6) is 5.75 Å². The zero-order valence-electron chi connectivity index (χ0n) is 26.1. The van der Waals surface area contributed by atoms with E-state index in [-0.39, 0.29) is 22.4 Å². The van der Waals surface area contributed by atoms with Crippen LogP contribution in [-0.4, -0.2) is 54.2 Å². The van der Waals surface area contributed by atoms with Crippen LogP contribution in [-0.2, 0) is 29.0 Å². The molecular formula is C35H35F2N3O5S. The Balaban J connectivity index is 1.81. The summed E-state index contributed by atoms with van der Waals surface area (Å²) < 4.78 is 42.8. The Kier molecular flexibility index (Phi) is 10.3. The van der Waals surface area contributed by atoms with Crippen molar-refractivity contribution < 1.29 is 23.0 Å². The molecular weight excluding hydrogens is 612 g/mol. The van der Waals surface area contributed by atoms with Gasteiger partial charge in [0.05, 0.1) is 31.3 Å². The molecule has 240 valence electrons. The third-order valence-electron chi connectivity index (χ3n) is 7.90. The average molecular weight is 648 g/mol. The van der Waals surface area contributed by atoms with Crippen LogP contribution in [0, 0.1) is 11.6 Å². The molecule has 8 nitrogen and oxygen atoms in total. The molecule has 0 saturated carbocycles. The summed E-state index contributed by atoms with van der Waals surface area (Å²) in [5.74, 6) is -0.931. The molecule has 46 heavy (non-hydrogen) atoms. The minimum atomic E-state index is -0.796. The van der Waals surface area contributed by atoms with E-state index in [2.05, 4.69) is 0 Å². The minimum Gasteiger partial charge on any atom is -0.497 e. The first-order valence-corrected chi connectivity index (χ1v) is 15.6. The number of fused-ring (bicyclic) bond motifs is 1. The molecule has 3 aromatic carbocycles. The standard InChI is InChI=1S/C35H35F2N3O5S/c1-5-25(41)19-22-9-11-23(12-10-22)32-28(20-38(2)17-18-44-3)31-33(42)40(24-13-15-26(45-4)16-14-24)35(43)39(34(31)46-32)21-27-29(36)7-6-8-30(27)37/h6-16H,5,17-21H2,1-4H3. The minimum absolute atomic E-state index is 0.124. The summed E-state index contributed by atoms with van der Waals surface area (Å²) in [6.07, 6.45) is 0.757. The summed E-state index contributed by atoms with van der Waals surface area (Å²) in [6, 6.07) is 17.5. The number of benzene rings is 3. The molecule has 0 aliphatic heterocycles. The fourth-order valence-corrected chi connectivity index (χ4v) is 6.62. The zero-order chi connectivity index (χ0) is 33.0. The first kappa shape index (κ1) is 32.9. The van der Waals surface area contributed by atoms with Gasteiger partial charge in [0, 0.05) is 43.5 Å². The molecule has 0 bridgehead atoms. The van der Waals surface area contributed by atoms with Crippen LogP contribution < -0.4 is 16.0 Å². The lowest BCUT2D eigenvalue weighted by molar-refractivity contribution is -0.118.